The highest BCUT2D eigenvalue weighted by atomic mass is 32.2. The van der Waals surface area contributed by atoms with Crippen molar-refractivity contribution in [3.8, 4) is 0 Å². The third-order valence-electron chi connectivity index (χ3n) is 0.707. The highest BCUT2D eigenvalue weighted by Gasteiger charge is 2.16. The van der Waals surface area contributed by atoms with E-state index in [1.54, 1.807) is 0 Å². The Balaban J connectivity index is 4.47. The Morgan fingerprint density at radius 1 is 1.09 bits per heavy atom. The van der Waals surface area contributed by atoms with Gasteiger partial charge in [-0.25, -0.2) is 8.42 Å². The summed E-state index contributed by atoms with van der Waals surface area (Å²) >= 11 is 0. The van der Waals surface area contributed by atoms with E-state index in [9.17, 15) is 16.8 Å². The van der Waals surface area contributed by atoms with Crippen LogP contribution in [-0.2, 0) is 24.4 Å². The summed E-state index contributed by atoms with van der Waals surface area (Å²) in [5.74, 6) is 0. The van der Waals surface area contributed by atoms with Crippen LogP contribution >= 0.6 is 0 Å². The van der Waals surface area contributed by atoms with Gasteiger partial charge < -0.3 is 0 Å². The second kappa shape index (κ2) is 3.05. The van der Waals surface area contributed by atoms with E-state index < -0.39 is 20.1 Å². The zero-order valence-electron chi connectivity index (χ0n) is 6.30. The lowest BCUT2D eigenvalue weighted by atomic mass is 11.6. The van der Waals surface area contributed by atoms with Gasteiger partial charge in [-0.1, -0.05) is 4.47 Å². The fourth-order valence-electron chi connectivity index (χ4n) is 0.246. The first-order valence-corrected chi connectivity index (χ1v) is 6.13. The van der Waals surface area contributed by atoms with Gasteiger partial charge in [0.2, 0.25) is 10.0 Å². The molecule has 0 saturated carbocycles. The molecule has 68 valence electrons. The molecule has 0 radical (unpaired) electrons. The Kier molecular flexibility index (Phi) is 3.00. The second-order valence-corrected chi connectivity index (χ2v) is 5.49. The van der Waals surface area contributed by atoms with Crippen LogP contribution in [0.25, 0.3) is 0 Å². The van der Waals surface area contributed by atoms with Crippen molar-refractivity contribution in [1.82, 2.24) is 4.47 Å². The number of hydroxylamine groups is 1. The third kappa shape index (κ3) is 5.13. The summed E-state index contributed by atoms with van der Waals surface area (Å²) in [7, 11) is -6.37. The van der Waals surface area contributed by atoms with Crippen molar-refractivity contribution >= 4 is 20.1 Å². The predicted molar refractivity (Wildman–Crippen MR) is 38.5 cm³/mol. The first-order chi connectivity index (χ1) is 4.63. The van der Waals surface area contributed by atoms with Gasteiger partial charge in [0, 0.05) is 7.05 Å². The maximum Gasteiger partial charge on any atom is 0.281 e. The van der Waals surface area contributed by atoms with Crippen molar-refractivity contribution < 1.29 is 21.1 Å². The van der Waals surface area contributed by atoms with E-state index in [1.807, 2.05) is 0 Å². The number of nitrogens with zero attached hydrogens (tertiary/aromatic N) is 1. The Hall–Kier alpha value is -0.180. The average Bonchev–Trinajstić information content (AvgIpc) is 1.56. The molecule has 0 atom stereocenters. The Bertz CT molecular complexity index is 314. The van der Waals surface area contributed by atoms with Crippen molar-refractivity contribution in [1.29, 1.82) is 0 Å². The third-order valence-corrected chi connectivity index (χ3v) is 2.30. The Labute approximate surface area is 65.9 Å². The minimum absolute atomic E-state index is 0.280. The quantitative estimate of drug-likeness (QED) is 0.536. The molecular formula is C3H9NO5S2. The molecule has 0 amide bonds. The largest absolute Gasteiger partial charge is 0.281 e. The lowest BCUT2D eigenvalue weighted by Crippen LogP contribution is -2.28. The number of hydrogen-bond donors (Lipinski definition) is 0. The fourth-order valence-corrected chi connectivity index (χ4v) is 1.40. The molecule has 0 unspecified atom stereocenters. The molecule has 0 rings (SSSR count). The minimum Gasteiger partial charge on any atom is -0.210 e. The number of hydrogen-bond acceptors (Lipinski definition) is 5. The molecular weight excluding hydrogens is 194 g/mol. The summed E-state index contributed by atoms with van der Waals surface area (Å²) in [4.78, 5) is 0. The van der Waals surface area contributed by atoms with E-state index in [0.29, 0.717) is 0 Å². The van der Waals surface area contributed by atoms with E-state index in [1.165, 1.54) is 0 Å². The second-order valence-electron chi connectivity index (χ2n) is 1.95. The van der Waals surface area contributed by atoms with Crippen LogP contribution in [0.3, 0.4) is 0 Å². The lowest BCUT2D eigenvalue weighted by Gasteiger charge is -2.10. The van der Waals surface area contributed by atoms with Gasteiger partial charge in [0.25, 0.3) is 10.1 Å². The van der Waals surface area contributed by atoms with Crippen molar-refractivity contribution in [3.63, 3.8) is 0 Å². The van der Waals surface area contributed by atoms with E-state index >= 15 is 0 Å². The van der Waals surface area contributed by atoms with Gasteiger partial charge in [-0.3, -0.25) is 0 Å². The zero-order chi connectivity index (χ0) is 9.28. The summed E-state index contributed by atoms with van der Waals surface area (Å²) in [5, 5.41) is 0. The first kappa shape index (κ1) is 10.8. The summed E-state index contributed by atoms with van der Waals surface area (Å²) in [5.41, 5.74) is 0. The van der Waals surface area contributed by atoms with Gasteiger partial charge in [0.05, 0.1) is 12.5 Å². The maximum absolute atomic E-state index is 10.5. The smallest absolute Gasteiger partial charge is 0.210 e. The van der Waals surface area contributed by atoms with Gasteiger partial charge in [0.15, 0.2) is 0 Å². The first-order valence-electron chi connectivity index (χ1n) is 2.46. The Morgan fingerprint density at radius 3 is 1.55 bits per heavy atom. The molecule has 11 heavy (non-hydrogen) atoms. The summed E-state index contributed by atoms with van der Waals surface area (Å²) in [6.45, 7) is 0. The molecule has 0 aliphatic heterocycles. The molecule has 0 fully saturated rings. The Morgan fingerprint density at radius 2 is 1.45 bits per heavy atom. The molecule has 0 aromatic rings. The summed E-state index contributed by atoms with van der Waals surface area (Å²) < 4.78 is 46.1. The van der Waals surface area contributed by atoms with Crippen molar-refractivity contribution in [2.45, 2.75) is 0 Å². The summed E-state index contributed by atoms with van der Waals surface area (Å²) in [6.07, 6.45) is 1.59. The highest BCUT2D eigenvalue weighted by Crippen LogP contribution is 1.98. The van der Waals surface area contributed by atoms with Crippen molar-refractivity contribution in [2.24, 2.45) is 0 Å². The topological polar surface area (TPSA) is 80.8 Å². The monoisotopic (exact) mass is 203 g/mol. The van der Waals surface area contributed by atoms with Crippen molar-refractivity contribution in [3.05, 3.63) is 0 Å². The molecule has 0 aliphatic carbocycles. The van der Waals surface area contributed by atoms with E-state index in [2.05, 4.69) is 4.28 Å². The van der Waals surface area contributed by atoms with Gasteiger partial charge in [0.1, 0.15) is 0 Å². The van der Waals surface area contributed by atoms with Crippen LogP contribution in [0, 0.1) is 0 Å². The molecule has 0 spiro atoms. The van der Waals surface area contributed by atoms with Crippen molar-refractivity contribution in [2.75, 3.05) is 19.6 Å². The van der Waals surface area contributed by atoms with Crippen LogP contribution in [0.4, 0.5) is 0 Å². The van der Waals surface area contributed by atoms with Gasteiger partial charge in [-0.2, -0.15) is 12.7 Å². The molecule has 6 nitrogen and oxygen atoms in total. The predicted octanol–water partition coefficient (Wildman–Crippen LogP) is -1.23. The molecule has 0 N–H and O–H groups in total. The molecule has 8 heteroatoms. The van der Waals surface area contributed by atoms with Gasteiger partial charge >= 0.3 is 0 Å². The SMILES string of the molecule is CN(OS(C)(=O)=O)S(C)(=O)=O. The fraction of sp³-hybridized carbons (Fsp3) is 1.00. The molecule has 0 bridgehead atoms. The number of rotatable bonds is 3. The van der Waals surface area contributed by atoms with Gasteiger partial charge in [-0.15, -0.1) is 0 Å². The summed E-state index contributed by atoms with van der Waals surface area (Å²) in [6, 6.07) is 0. The van der Waals surface area contributed by atoms with Crippen LogP contribution in [0.15, 0.2) is 0 Å². The molecule has 0 aromatic heterocycles. The maximum atomic E-state index is 10.5. The zero-order valence-corrected chi connectivity index (χ0v) is 7.94. The van der Waals surface area contributed by atoms with Crippen LogP contribution in [0.1, 0.15) is 0 Å². The van der Waals surface area contributed by atoms with E-state index in [0.717, 1.165) is 19.6 Å². The van der Waals surface area contributed by atoms with Crippen LogP contribution in [0.2, 0.25) is 0 Å². The van der Waals surface area contributed by atoms with Gasteiger partial charge in [-0.05, 0) is 0 Å². The standard InChI is InChI=1S/C3H9NO5S2/c1-4(10(2,5)6)9-11(3,7)8/h1-3H3. The molecule has 0 saturated heterocycles. The van der Waals surface area contributed by atoms with E-state index in [4.69, 9.17) is 0 Å². The highest BCUT2D eigenvalue weighted by molar-refractivity contribution is 7.89. The lowest BCUT2D eigenvalue weighted by molar-refractivity contribution is 0.0760. The molecule has 0 aliphatic rings. The minimum atomic E-state index is -3.76. The average molecular weight is 203 g/mol. The number of sulfonamides is 1. The normalized spacial score (nSPS) is 13.8. The van der Waals surface area contributed by atoms with E-state index in [-0.39, 0.29) is 4.47 Å². The van der Waals surface area contributed by atoms with Crippen LogP contribution in [0.5, 0.6) is 0 Å². The molecule has 0 aromatic carbocycles. The van der Waals surface area contributed by atoms with Crippen LogP contribution in [-0.4, -0.2) is 40.9 Å². The molecule has 0 heterocycles. The van der Waals surface area contributed by atoms with Crippen LogP contribution < -0.4 is 0 Å².